The Labute approximate surface area is 119 Å². The molecule has 0 spiro atoms. The fourth-order valence-electron chi connectivity index (χ4n) is 2.12. The van der Waals surface area contributed by atoms with Crippen LogP contribution >= 0.6 is 0 Å². The Bertz CT molecular complexity index is 659. The van der Waals surface area contributed by atoms with Crippen molar-refractivity contribution in [2.24, 2.45) is 0 Å². The van der Waals surface area contributed by atoms with Gasteiger partial charge in [-0.3, -0.25) is 0 Å². The van der Waals surface area contributed by atoms with Crippen molar-refractivity contribution in [3.05, 3.63) is 41.3 Å². The number of ether oxygens (including phenoxy) is 1. The van der Waals surface area contributed by atoms with Crippen LogP contribution in [0.5, 0.6) is 5.75 Å². The first kappa shape index (κ1) is 14.0. The Balaban J connectivity index is 2.41. The van der Waals surface area contributed by atoms with Crippen LogP contribution in [0.1, 0.15) is 23.4 Å². The molecule has 1 aromatic carbocycles. The molecule has 0 amide bonds. The fourth-order valence-corrected chi connectivity index (χ4v) is 2.12. The molecule has 1 heterocycles. The lowest BCUT2D eigenvalue weighted by Crippen LogP contribution is -1.98. The Kier molecular flexibility index (Phi) is 4.31. The zero-order chi connectivity index (χ0) is 14.5. The van der Waals surface area contributed by atoms with Gasteiger partial charge in [0, 0.05) is 24.6 Å². The molecule has 0 aliphatic carbocycles. The second-order valence-corrected chi connectivity index (χ2v) is 4.65. The van der Waals surface area contributed by atoms with Crippen molar-refractivity contribution in [3.63, 3.8) is 0 Å². The summed E-state index contributed by atoms with van der Waals surface area (Å²) in [6.07, 6.45) is 2.76. The highest BCUT2D eigenvalue weighted by molar-refractivity contribution is 5.66. The Morgan fingerprint density at radius 2 is 2.05 bits per heavy atom. The van der Waals surface area contributed by atoms with Gasteiger partial charge >= 0.3 is 0 Å². The van der Waals surface area contributed by atoms with E-state index in [-0.39, 0.29) is 0 Å². The summed E-state index contributed by atoms with van der Waals surface area (Å²) in [5.41, 5.74) is 4.14. The third-order valence-corrected chi connectivity index (χ3v) is 3.18. The van der Waals surface area contributed by atoms with Gasteiger partial charge in [-0.2, -0.15) is 5.26 Å². The molecule has 0 aliphatic heterocycles. The number of nitrogens with zero attached hydrogens (tertiary/aromatic N) is 3. The second-order valence-electron chi connectivity index (χ2n) is 4.65. The van der Waals surface area contributed by atoms with Gasteiger partial charge in [0.25, 0.3) is 0 Å². The van der Waals surface area contributed by atoms with Crippen LogP contribution in [0.25, 0.3) is 11.3 Å². The number of rotatable bonds is 4. The van der Waals surface area contributed by atoms with Crippen LogP contribution in [0.2, 0.25) is 0 Å². The van der Waals surface area contributed by atoms with E-state index in [0.717, 1.165) is 28.1 Å². The maximum atomic E-state index is 8.63. The zero-order valence-electron chi connectivity index (χ0n) is 12.0. The molecule has 0 N–H and O–H groups in total. The first-order valence-electron chi connectivity index (χ1n) is 6.50. The van der Waals surface area contributed by atoms with Crippen LogP contribution in [0.3, 0.4) is 0 Å². The Morgan fingerprint density at radius 1 is 1.25 bits per heavy atom. The molecule has 4 nitrogen and oxygen atoms in total. The van der Waals surface area contributed by atoms with E-state index >= 15 is 0 Å². The number of hydrogen-bond donors (Lipinski definition) is 0. The first-order valence-corrected chi connectivity index (χ1v) is 6.50. The van der Waals surface area contributed by atoms with Gasteiger partial charge in [-0.25, -0.2) is 9.97 Å². The Hall–Kier alpha value is -2.41. The topological polar surface area (TPSA) is 58.8 Å². The average Bonchev–Trinajstić information content (AvgIpc) is 2.47. The van der Waals surface area contributed by atoms with E-state index in [1.54, 1.807) is 13.3 Å². The lowest BCUT2D eigenvalue weighted by Gasteiger charge is -2.11. The van der Waals surface area contributed by atoms with Gasteiger partial charge in [-0.05, 0) is 43.2 Å². The molecule has 0 fully saturated rings. The maximum Gasteiger partial charge on any atom is 0.129 e. The van der Waals surface area contributed by atoms with E-state index in [0.29, 0.717) is 18.7 Å². The molecule has 4 heteroatoms. The molecule has 2 aromatic rings. The van der Waals surface area contributed by atoms with Crippen LogP contribution < -0.4 is 4.74 Å². The second kappa shape index (κ2) is 6.16. The molecule has 102 valence electrons. The van der Waals surface area contributed by atoms with Crippen LogP contribution in [-0.4, -0.2) is 17.1 Å². The highest BCUT2D eigenvalue weighted by Gasteiger charge is 2.09. The van der Waals surface area contributed by atoms with E-state index in [9.17, 15) is 0 Å². The van der Waals surface area contributed by atoms with Gasteiger partial charge in [-0.15, -0.1) is 0 Å². The van der Waals surface area contributed by atoms with Crippen molar-refractivity contribution in [3.8, 4) is 23.1 Å². The zero-order valence-corrected chi connectivity index (χ0v) is 12.0. The number of nitriles is 1. The quantitative estimate of drug-likeness (QED) is 0.853. The number of aromatic nitrogens is 2. The highest BCUT2D eigenvalue weighted by Crippen LogP contribution is 2.28. The van der Waals surface area contributed by atoms with E-state index in [2.05, 4.69) is 22.1 Å². The molecule has 0 unspecified atom stereocenters. The van der Waals surface area contributed by atoms with Gasteiger partial charge in [0.15, 0.2) is 0 Å². The number of hydrogen-bond acceptors (Lipinski definition) is 4. The number of aryl methyl sites for hydroxylation is 3. The standard InChI is InChI=1S/C16H17N3O/c1-11-10-15(20-3)12(2)9-13(11)14-6-8-18-16(19-14)5-4-7-17/h6,8-10H,4-5H2,1-3H3. The molecule has 0 saturated carbocycles. The minimum atomic E-state index is 0.435. The summed E-state index contributed by atoms with van der Waals surface area (Å²) in [6, 6.07) is 8.10. The van der Waals surface area contributed by atoms with Crippen LogP contribution in [0.15, 0.2) is 24.4 Å². The minimum Gasteiger partial charge on any atom is -0.496 e. The van der Waals surface area contributed by atoms with Crippen molar-refractivity contribution in [2.75, 3.05) is 7.11 Å². The van der Waals surface area contributed by atoms with Crippen LogP contribution in [-0.2, 0) is 6.42 Å². The highest BCUT2D eigenvalue weighted by atomic mass is 16.5. The molecule has 2 rings (SSSR count). The first-order chi connectivity index (χ1) is 9.65. The maximum absolute atomic E-state index is 8.63. The summed E-state index contributed by atoms with van der Waals surface area (Å²) in [6.45, 7) is 4.05. The van der Waals surface area contributed by atoms with Crippen molar-refractivity contribution in [2.45, 2.75) is 26.7 Å². The summed E-state index contributed by atoms with van der Waals surface area (Å²) in [4.78, 5) is 8.74. The van der Waals surface area contributed by atoms with Gasteiger partial charge in [0.1, 0.15) is 11.6 Å². The van der Waals surface area contributed by atoms with Gasteiger partial charge in [0.2, 0.25) is 0 Å². The van der Waals surface area contributed by atoms with Crippen LogP contribution in [0, 0.1) is 25.2 Å². The van der Waals surface area contributed by atoms with Crippen molar-refractivity contribution < 1.29 is 4.74 Å². The van der Waals surface area contributed by atoms with E-state index in [1.165, 1.54) is 0 Å². The van der Waals surface area contributed by atoms with Crippen molar-refractivity contribution in [1.82, 2.24) is 9.97 Å². The fraction of sp³-hybridized carbons (Fsp3) is 0.312. The van der Waals surface area contributed by atoms with Gasteiger partial charge < -0.3 is 4.74 Å². The molecule has 0 saturated heterocycles. The average molecular weight is 267 g/mol. The third kappa shape index (κ3) is 2.94. The monoisotopic (exact) mass is 267 g/mol. The van der Waals surface area contributed by atoms with E-state index < -0.39 is 0 Å². The SMILES string of the molecule is COc1cc(C)c(-c2ccnc(CCC#N)n2)cc1C. The molecule has 20 heavy (non-hydrogen) atoms. The Morgan fingerprint density at radius 3 is 2.75 bits per heavy atom. The van der Waals surface area contributed by atoms with Gasteiger partial charge in [0.05, 0.1) is 18.9 Å². The predicted molar refractivity (Wildman–Crippen MR) is 77.4 cm³/mol. The molecule has 0 aliphatic rings. The van der Waals surface area contributed by atoms with E-state index in [4.69, 9.17) is 10.00 Å². The number of methoxy groups -OCH3 is 1. The predicted octanol–water partition coefficient (Wildman–Crippen LogP) is 3.23. The van der Waals surface area contributed by atoms with Crippen molar-refractivity contribution >= 4 is 0 Å². The molecule has 0 atom stereocenters. The largest absolute Gasteiger partial charge is 0.496 e. The molecule has 0 bridgehead atoms. The summed E-state index contributed by atoms with van der Waals surface area (Å²) >= 11 is 0. The third-order valence-electron chi connectivity index (χ3n) is 3.18. The lowest BCUT2D eigenvalue weighted by molar-refractivity contribution is 0.411. The lowest BCUT2D eigenvalue weighted by atomic mass is 10.0. The molecular formula is C16H17N3O. The molecular weight excluding hydrogens is 250 g/mol. The smallest absolute Gasteiger partial charge is 0.129 e. The van der Waals surface area contributed by atoms with Gasteiger partial charge in [-0.1, -0.05) is 0 Å². The minimum absolute atomic E-state index is 0.435. The number of benzene rings is 1. The summed E-state index contributed by atoms with van der Waals surface area (Å²) in [5, 5.41) is 8.63. The normalized spacial score (nSPS) is 10.1. The van der Waals surface area contributed by atoms with Crippen LogP contribution in [0.4, 0.5) is 0 Å². The summed E-state index contributed by atoms with van der Waals surface area (Å²) < 4.78 is 5.32. The van der Waals surface area contributed by atoms with Crippen molar-refractivity contribution in [1.29, 1.82) is 5.26 Å². The molecule has 0 radical (unpaired) electrons. The summed E-state index contributed by atoms with van der Waals surface area (Å²) in [5.74, 6) is 1.59. The van der Waals surface area contributed by atoms with E-state index in [1.807, 2.05) is 26.0 Å². The molecule has 1 aromatic heterocycles. The summed E-state index contributed by atoms with van der Waals surface area (Å²) in [7, 11) is 1.67.